The van der Waals surface area contributed by atoms with E-state index in [9.17, 15) is 5.11 Å². The number of methoxy groups -OCH3 is 1. The molecule has 2 aromatic carbocycles. The lowest BCUT2D eigenvalue weighted by Crippen LogP contribution is -2.17. The first kappa shape index (κ1) is 12.9. The maximum atomic E-state index is 10.4. The molecule has 0 fully saturated rings. The van der Waals surface area contributed by atoms with E-state index < -0.39 is 6.10 Å². The van der Waals surface area contributed by atoms with E-state index in [4.69, 9.17) is 4.74 Å². The summed E-state index contributed by atoms with van der Waals surface area (Å²) in [5.74, 6) is 0.811. The molecule has 0 bridgehead atoms. The van der Waals surface area contributed by atoms with Crippen LogP contribution in [0, 0.1) is 5.41 Å². The molecule has 0 amide bonds. The number of rotatable bonds is 2. The number of benzene rings is 2. The summed E-state index contributed by atoms with van der Waals surface area (Å²) in [6.45, 7) is 6.08. The van der Waals surface area contributed by atoms with E-state index >= 15 is 0 Å². The first-order valence-corrected chi connectivity index (χ1v) is 6.18. The van der Waals surface area contributed by atoms with Crippen LogP contribution in [0.3, 0.4) is 0 Å². The van der Waals surface area contributed by atoms with Crippen LogP contribution < -0.4 is 4.74 Å². The summed E-state index contributed by atoms with van der Waals surface area (Å²) < 4.78 is 5.42. The van der Waals surface area contributed by atoms with Gasteiger partial charge in [-0.15, -0.1) is 0 Å². The van der Waals surface area contributed by atoms with Gasteiger partial charge in [0, 0.05) is 5.39 Å². The lowest BCUT2D eigenvalue weighted by Gasteiger charge is -2.26. The Hall–Kier alpha value is -1.54. The molecule has 1 unspecified atom stereocenters. The molecular formula is C16H20O2. The van der Waals surface area contributed by atoms with Crippen molar-refractivity contribution in [2.75, 3.05) is 7.11 Å². The van der Waals surface area contributed by atoms with Gasteiger partial charge in [-0.25, -0.2) is 0 Å². The first-order valence-electron chi connectivity index (χ1n) is 6.18. The largest absolute Gasteiger partial charge is 0.496 e. The molecule has 0 spiro atoms. The Morgan fingerprint density at radius 2 is 1.78 bits per heavy atom. The van der Waals surface area contributed by atoms with Crippen LogP contribution in [-0.4, -0.2) is 12.2 Å². The molecule has 0 aliphatic carbocycles. The van der Waals surface area contributed by atoms with E-state index in [0.717, 1.165) is 22.1 Å². The number of hydrogen-bond acceptors (Lipinski definition) is 2. The summed E-state index contributed by atoms with van der Waals surface area (Å²) in [6.07, 6.45) is -0.504. The lowest BCUT2D eigenvalue weighted by molar-refractivity contribution is 0.0626. The molecule has 2 heteroatoms. The summed E-state index contributed by atoms with van der Waals surface area (Å²) in [7, 11) is 1.66. The SMILES string of the molecule is COc1cc(C(O)C(C)(C)C)cc2ccccc12. The molecule has 0 aliphatic heterocycles. The minimum Gasteiger partial charge on any atom is -0.496 e. The van der Waals surface area contributed by atoms with Crippen molar-refractivity contribution >= 4 is 10.8 Å². The predicted molar refractivity (Wildman–Crippen MR) is 74.9 cm³/mol. The molecule has 96 valence electrons. The maximum Gasteiger partial charge on any atom is 0.127 e. The second kappa shape index (κ2) is 4.62. The number of aliphatic hydroxyl groups excluding tert-OH is 1. The highest BCUT2D eigenvalue weighted by Crippen LogP contribution is 2.37. The topological polar surface area (TPSA) is 29.5 Å². The van der Waals surface area contributed by atoms with Crippen molar-refractivity contribution in [3.05, 3.63) is 42.0 Å². The van der Waals surface area contributed by atoms with E-state index in [1.165, 1.54) is 0 Å². The zero-order valence-corrected chi connectivity index (χ0v) is 11.4. The fourth-order valence-electron chi connectivity index (χ4n) is 2.12. The molecule has 1 N–H and O–H groups in total. The minimum absolute atomic E-state index is 0.187. The Balaban J connectivity index is 2.60. The van der Waals surface area contributed by atoms with Gasteiger partial charge in [-0.05, 0) is 28.5 Å². The van der Waals surface area contributed by atoms with E-state index in [0.29, 0.717) is 0 Å². The molecule has 0 aliphatic rings. The predicted octanol–water partition coefficient (Wildman–Crippen LogP) is 3.93. The quantitative estimate of drug-likeness (QED) is 0.867. The highest BCUT2D eigenvalue weighted by molar-refractivity contribution is 5.89. The number of aliphatic hydroxyl groups is 1. The zero-order chi connectivity index (χ0) is 13.3. The van der Waals surface area contributed by atoms with Crippen LogP contribution in [0.5, 0.6) is 5.75 Å². The van der Waals surface area contributed by atoms with Crippen molar-refractivity contribution < 1.29 is 9.84 Å². The van der Waals surface area contributed by atoms with Gasteiger partial charge in [0.15, 0.2) is 0 Å². The van der Waals surface area contributed by atoms with Crippen LogP contribution in [0.25, 0.3) is 10.8 Å². The van der Waals surface area contributed by atoms with Gasteiger partial charge in [-0.3, -0.25) is 0 Å². The van der Waals surface area contributed by atoms with Crippen molar-refractivity contribution in [3.8, 4) is 5.75 Å². The minimum atomic E-state index is -0.504. The number of hydrogen-bond donors (Lipinski definition) is 1. The molecule has 0 saturated heterocycles. The third kappa shape index (κ3) is 2.34. The summed E-state index contributed by atoms with van der Waals surface area (Å²) in [5.41, 5.74) is 0.714. The third-order valence-electron chi connectivity index (χ3n) is 3.20. The van der Waals surface area contributed by atoms with Gasteiger partial charge in [0.2, 0.25) is 0 Å². The lowest BCUT2D eigenvalue weighted by atomic mass is 9.84. The van der Waals surface area contributed by atoms with Crippen LogP contribution in [0.2, 0.25) is 0 Å². The summed E-state index contributed by atoms with van der Waals surface area (Å²) in [4.78, 5) is 0. The van der Waals surface area contributed by atoms with Gasteiger partial charge < -0.3 is 9.84 Å². The molecule has 18 heavy (non-hydrogen) atoms. The van der Waals surface area contributed by atoms with E-state index in [1.807, 2.05) is 57.2 Å². The maximum absolute atomic E-state index is 10.4. The Kier molecular flexibility index (Phi) is 3.31. The molecule has 1 atom stereocenters. The average molecular weight is 244 g/mol. The highest BCUT2D eigenvalue weighted by Gasteiger charge is 2.24. The number of fused-ring (bicyclic) bond motifs is 1. The molecule has 2 nitrogen and oxygen atoms in total. The standard InChI is InChI=1S/C16H20O2/c1-16(2,3)15(17)12-9-11-7-5-6-8-13(11)14(10-12)18-4/h5-10,15,17H,1-4H3. The third-order valence-corrected chi connectivity index (χ3v) is 3.20. The molecule has 0 radical (unpaired) electrons. The van der Waals surface area contributed by atoms with Crippen LogP contribution in [0.15, 0.2) is 36.4 Å². The van der Waals surface area contributed by atoms with Crippen molar-refractivity contribution in [2.24, 2.45) is 5.41 Å². The normalized spacial score (nSPS) is 13.6. The molecule has 0 heterocycles. The van der Waals surface area contributed by atoms with Crippen LogP contribution >= 0.6 is 0 Å². The zero-order valence-electron chi connectivity index (χ0n) is 11.4. The van der Waals surface area contributed by atoms with E-state index in [1.54, 1.807) is 7.11 Å². The van der Waals surface area contributed by atoms with Crippen LogP contribution in [-0.2, 0) is 0 Å². The van der Waals surface area contributed by atoms with E-state index in [2.05, 4.69) is 0 Å². The second-order valence-corrected chi connectivity index (χ2v) is 5.71. The Labute approximate surface area is 108 Å². The van der Waals surface area contributed by atoms with Crippen molar-refractivity contribution in [1.29, 1.82) is 0 Å². The van der Waals surface area contributed by atoms with Crippen molar-refractivity contribution in [3.63, 3.8) is 0 Å². The monoisotopic (exact) mass is 244 g/mol. The van der Waals surface area contributed by atoms with Gasteiger partial charge in [-0.1, -0.05) is 45.0 Å². The van der Waals surface area contributed by atoms with Crippen LogP contribution in [0.1, 0.15) is 32.4 Å². The summed E-state index contributed by atoms with van der Waals surface area (Å²) in [6, 6.07) is 12.0. The smallest absolute Gasteiger partial charge is 0.127 e. The first-order chi connectivity index (χ1) is 8.43. The fraction of sp³-hybridized carbons (Fsp3) is 0.375. The summed E-state index contributed by atoms with van der Waals surface area (Å²) >= 11 is 0. The van der Waals surface area contributed by atoms with Crippen molar-refractivity contribution in [1.82, 2.24) is 0 Å². The van der Waals surface area contributed by atoms with Gasteiger partial charge >= 0.3 is 0 Å². The number of ether oxygens (including phenoxy) is 1. The molecule has 2 rings (SSSR count). The van der Waals surface area contributed by atoms with Gasteiger partial charge in [0.25, 0.3) is 0 Å². The molecule has 2 aromatic rings. The highest BCUT2D eigenvalue weighted by atomic mass is 16.5. The average Bonchev–Trinajstić information content (AvgIpc) is 2.35. The Morgan fingerprint density at radius 1 is 1.11 bits per heavy atom. The molecular weight excluding hydrogens is 224 g/mol. The Morgan fingerprint density at radius 3 is 2.39 bits per heavy atom. The van der Waals surface area contributed by atoms with Gasteiger partial charge in [0.1, 0.15) is 5.75 Å². The van der Waals surface area contributed by atoms with Gasteiger partial charge in [-0.2, -0.15) is 0 Å². The fourth-order valence-corrected chi connectivity index (χ4v) is 2.12. The summed E-state index contributed by atoms with van der Waals surface area (Å²) in [5, 5.41) is 12.5. The Bertz CT molecular complexity index is 553. The molecule has 0 aromatic heterocycles. The van der Waals surface area contributed by atoms with Gasteiger partial charge in [0.05, 0.1) is 13.2 Å². The molecule has 0 saturated carbocycles. The second-order valence-electron chi connectivity index (χ2n) is 5.71. The van der Waals surface area contributed by atoms with Crippen molar-refractivity contribution in [2.45, 2.75) is 26.9 Å². The van der Waals surface area contributed by atoms with E-state index in [-0.39, 0.29) is 5.41 Å². The van der Waals surface area contributed by atoms with Crippen LogP contribution in [0.4, 0.5) is 0 Å².